The zero-order valence-corrected chi connectivity index (χ0v) is 8.61. The molecular formula is C8H15N5O. The van der Waals surface area contributed by atoms with E-state index in [1.165, 1.54) is 0 Å². The van der Waals surface area contributed by atoms with Crippen LogP contribution in [0.1, 0.15) is 24.5 Å². The zero-order valence-electron chi connectivity index (χ0n) is 8.61. The lowest BCUT2D eigenvalue weighted by molar-refractivity contribution is 0.0767. The van der Waals surface area contributed by atoms with E-state index in [2.05, 4.69) is 15.2 Å². The summed E-state index contributed by atoms with van der Waals surface area (Å²) in [5, 5.41) is 6.08. The van der Waals surface area contributed by atoms with Crippen LogP contribution in [0.2, 0.25) is 0 Å². The average Bonchev–Trinajstić information content (AvgIpc) is 2.49. The average molecular weight is 197 g/mol. The molecule has 0 aliphatic rings. The van der Waals surface area contributed by atoms with E-state index in [1.54, 1.807) is 11.9 Å². The van der Waals surface area contributed by atoms with E-state index in [9.17, 15) is 4.79 Å². The highest BCUT2D eigenvalue weighted by Gasteiger charge is 2.16. The van der Waals surface area contributed by atoms with Gasteiger partial charge in [-0.15, -0.1) is 5.10 Å². The molecule has 6 heteroatoms. The SMILES string of the molecule is CC(C)CN(C)C(=O)c1nc(N)n[nH]1. The Bertz CT molecular complexity index is 319. The van der Waals surface area contributed by atoms with Gasteiger partial charge in [-0.05, 0) is 5.92 Å². The van der Waals surface area contributed by atoms with E-state index in [4.69, 9.17) is 5.73 Å². The number of aromatic amines is 1. The number of nitrogens with two attached hydrogens (primary N) is 1. The molecule has 0 fully saturated rings. The first-order chi connectivity index (χ1) is 6.50. The predicted molar refractivity (Wildman–Crippen MR) is 52.6 cm³/mol. The van der Waals surface area contributed by atoms with Crippen molar-refractivity contribution in [3.8, 4) is 0 Å². The van der Waals surface area contributed by atoms with Crippen molar-refractivity contribution in [2.24, 2.45) is 5.92 Å². The van der Waals surface area contributed by atoms with Crippen LogP contribution < -0.4 is 5.73 Å². The van der Waals surface area contributed by atoms with E-state index in [0.717, 1.165) is 0 Å². The summed E-state index contributed by atoms with van der Waals surface area (Å²) in [4.78, 5) is 17.0. The Morgan fingerprint density at radius 2 is 2.29 bits per heavy atom. The fraction of sp³-hybridized carbons (Fsp3) is 0.625. The molecule has 0 saturated carbocycles. The van der Waals surface area contributed by atoms with E-state index >= 15 is 0 Å². The third-order valence-electron chi connectivity index (χ3n) is 1.69. The maximum Gasteiger partial charge on any atom is 0.290 e. The molecule has 3 N–H and O–H groups in total. The van der Waals surface area contributed by atoms with Crippen molar-refractivity contribution in [2.75, 3.05) is 19.3 Å². The second-order valence-electron chi connectivity index (χ2n) is 3.62. The van der Waals surface area contributed by atoms with Gasteiger partial charge in [0.2, 0.25) is 11.8 Å². The zero-order chi connectivity index (χ0) is 10.7. The molecule has 0 aliphatic carbocycles. The minimum atomic E-state index is -0.192. The molecule has 1 heterocycles. The van der Waals surface area contributed by atoms with Crippen LogP contribution in [0.25, 0.3) is 0 Å². The number of carbonyl (C=O) groups is 1. The van der Waals surface area contributed by atoms with Gasteiger partial charge in [-0.1, -0.05) is 13.8 Å². The lowest BCUT2D eigenvalue weighted by Crippen LogP contribution is -2.31. The fourth-order valence-corrected chi connectivity index (χ4v) is 1.18. The van der Waals surface area contributed by atoms with E-state index < -0.39 is 0 Å². The summed E-state index contributed by atoms with van der Waals surface area (Å²) in [6, 6.07) is 0. The molecule has 0 radical (unpaired) electrons. The highest BCUT2D eigenvalue weighted by Crippen LogP contribution is 2.01. The number of anilines is 1. The van der Waals surface area contributed by atoms with Crippen LogP contribution in [0.3, 0.4) is 0 Å². The molecule has 0 saturated heterocycles. The fourth-order valence-electron chi connectivity index (χ4n) is 1.18. The monoisotopic (exact) mass is 197 g/mol. The maximum atomic E-state index is 11.6. The minimum absolute atomic E-state index is 0.0892. The summed E-state index contributed by atoms with van der Waals surface area (Å²) < 4.78 is 0. The van der Waals surface area contributed by atoms with E-state index in [0.29, 0.717) is 12.5 Å². The second-order valence-corrected chi connectivity index (χ2v) is 3.62. The van der Waals surface area contributed by atoms with Crippen molar-refractivity contribution < 1.29 is 4.79 Å². The van der Waals surface area contributed by atoms with Gasteiger partial charge in [0.1, 0.15) is 0 Å². The molecule has 1 aromatic heterocycles. The number of hydrogen-bond acceptors (Lipinski definition) is 4. The number of amides is 1. The maximum absolute atomic E-state index is 11.6. The third kappa shape index (κ3) is 2.45. The number of H-pyrrole nitrogens is 1. The number of aromatic nitrogens is 3. The largest absolute Gasteiger partial charge is 0.366 e. The van der Waals surface area contributed by atoms with Crippen molar-refractivity contribution in [1.82, 2.24) is 20.1 Å². The number of nitrogens with one attached hydrogen (secondary N) is 1. The highest BCUT2D eigenvalue weighted by atomic mass is 16.2. The lowest BCUT2D eigenvalue weighted by atomic mass is 10.2. The van der Waals surface area contributed by atoms with Gasteiger partial charge in [0, 0.05) is 13.6 Å². The molecule has 1 amide bonds. The topological polar surface area (TPSA) is 87.9 Å². The number of carbonyl (C=O) groups excluding carboxylic acids is 1. The van der Waals surface area contributed by atoms with Crippen molar-refractivity contribution >= 4 is 11.9 Å². The Morgan fingerprint density at radius 3 is 2.71 bits per heavy atom. The van der Waals surface area contributed by atoms with Gasteiger partial charge in [0.05, 0.1) is 0 Å². The first kappa shape index (κ1) is 10.5. The van der Waals surface area contributed by atoms with E-state index in [1.807, 2.05) is 13.8 Å². The van der Waals surface area contributed by atoms with Gasteiger partial charge in [0.25, 0.3) is 5.91 Å². The Labute approximate surface area is 82.5 Å². The first-order valence-corrected chi connectivity index (χ1v) is 4.44. The number of nitrogens with zero attached hydrogens (tertiary/aromatic N) is 3. The molecule has 78 valence electrons. The molecule has 1 aromatic rings. The number of nitrogen functional groups attached to an aromatic ring is 1. The van der Waals surface area contributed by atoms with Crippen molar-refractivity contribution in [2.45, 2.75) is 13.8 Å². The summed E-state index contributed by atoms with van der Waals surface area (Å²) in [6.07, 6.45) is 0. The highest BCUT2D eigenvalue weighted by molar-refractivity contribution is 5.90. The molecule has 0 atom stereocenters. The predicted octanol–water partition coefficient (Wildman–Crippen LogP) is 0.115. The van der Waals surface area contributed by atoms with Crippen LogP contribution in [-0.2, 0) is 0 Å². The number of hydrogen-bond donors (Lipinski definition) is 2. The first-order valence-electron chi connectivity index (χ1n) is 4.44. The summed E-state index contributed by atoms with van der Waals surface area (Å²) in [5.41, 5.74) is 5.29. The van der Waals surface area contributed by atoms with E-state index in [-0.39, 0.29) is 17.7 Å². The minimum Gasteiger partial charge on any atom is -0.366 e. The van der Waals surface area contributed by atoms with Gasteiger partial charge in [-0.25, -0.2) is 0 Å². The molecule has 0 unspecified atom stereocenters. The van der Waals surface area contributed by atoms with Crippen LogP contribution in [0.15, 0.2) is 0 Å². The molecule has 6 nitrogen and oxygen atoms in total. The third-order valence-corrected chi connectivity index (χ3v) is 1.69. The van der Waals surface area contributed by atoms with Crippen molar-refractivity contribution in [1.29, 1.82) is 0 Å². The standard InChI is InChI=1S/C8H15N5O/c1-5(2)4-13(3)7(14)6-10-8(9)12-11-6/h5H,4H2,1-3H3,(H3,9,10,11,12). The molecule has 1 rings (SSSR count). The summed E-state index contributed by atoms with van der Waals surface area (Å²) in [6.45, 7) is 4.76. The second kappa shape index (κ2) is 4.08. The summed E-state index contributed by atoms with van der Waals surface area (Å²) >= 11 is 0. The van der Waals surface area contributed by atoms with Crippen LogP contribution in [0, 0.1) is 5.92 Å². The Hall–Kier alpha value is -1.59. The van der Waals surface area contributed by atoms with Crippen LogP contribution in [-0.4, -0.2) is 39.6 Å². The van der Waals surface area contributed by atoms with Gasteiger partial charge in [0.15, 0.2) is 0 Å². The quantitative estimate of drug-likeness (QED) is 0.720. The molecule has 0 aromatic carbocycles. The molecular weight excluding hydrogens is 182 g/mol. The van der Waals surface area contributed by atoms with Crippen LogP contribution >= 0.6 is 0 Å². The van der Waals surface area contributed by atoms with Crippen LogP contribution in [0.4, 0.5) is 5.95 Å². The summed E-state index contributed by atoms with van der Waals surface area (Å²) in [5.74, 6) is 0.504. The van der Waals surface area contributed by atoms with Gasteiger partial charge in [-0.2, -0.15) is 4.98 Å². The van der Waals surface area contributed by atoms with Crippen LogP contribution in [0.5, 0.6) is 0 Å². The normalized spacial score (nSPS) is 10.6. The summed E-state index contributed by atoms with van der Waals surface area (Å²) in [7, 11) is 1.72. The lowest BCUT2D eigenvalue weighted by Gasteiger charge is -2.17. The van der Waals surface area contributed by atoms with Gasteiger partial charge < -0.3 is 10.6 Å². The smallest absolute Gasteiger partial charge is 0.290 e. The molecule has 0 bridgehead atoms. The molecule has 0 aliphatic heterocycles. The Balaban J connectivity index is 2.65. The number of rotatable bonds is 3. The van der Waals surface area contributed by atoms with Crippen molar-refractivity contribution in [3.63, 3.8) is 0 Å². The van der Waals surface area contributed by atoms with Crippen molar-refractivity contribution in [3.05, 3.63) is 5.82 Å². The molecule has 14 heavy (non-hydrogen) atoms. The Kier molecular flexibility index (Phi) is 3.06. The van der Waals surface area contributed by atoms with Gasteiger partial charge in [-0.3, -0.25) is 9.89 Å². The molecule has 0 spiro atoms. The Morgan fingerprint density at radius 1 is 1.64 bits per heavy atom. The van der Waals surface area contributed by atoms with Gasteiger partial charge >= 0.3 is 0 Å².